The monoisotopic (exact) mass is 311 g/mol. The minimum Gasteiger partial charge on any atom is -0.396 e. The van der Waals surface area contributed by atoms with Crippen molar-refractivity contribution in [2.24, 2.45) is 5.41 Å². The molecule has 0 heterocycles. The topological polar surface area (TPSA) is 49.3 Å². The molecule has 1 amide bonds. The van der Waals surface area contributed by atoms with E-state index < -0.39 is 46.0 Å². The Morgan fingerprint density at radius 2 is 1.43 bits per heavy atom. The molecule has 0 aliphatic carbocycles. The van der Waals surface area contributed by atoms with E-state index in [4.69, 9.17) is 5.11 Å². The molecule has 1 aromatic rings. The average Bonchev–Trinajstić information content (AvgIpc) is 2.41. The van der Waals surface area contributed by atoms with Gasteiger partial charge in [0.1, 0.15) is 5.56 Å². The fraction of sp³-hybridized carbons (Fsp3) is 0.462. The third-order valence-electron chi connectivity index (χ3n) is 2.95. The number of aliphatic hydroxyl groups excluding tert-OH is 1. The Morgan fingerprint density at radius 1 is 1.00 bits per heavy atom. The Labute approximate surface area is 117 Å². The third kappa shape index (κ3) is 3.69. The summed E-state index contributed by atoms with van der Waals surface area (Å²) in [6, 6.07) is 0. The fourth-order valence-electron chi connectivity index (χ4n) is 1.60. The lowest BCUT2D eigenvalue weighted by Crippen LogP contribution is -2.35. The lowest BCUT2D eigenvalue weighted by atomic mass is 9.89. The second-order valence-corrected chi connectivity index (χ2v) is 5.27. The van der Waals surface area contributed by atoms with Gasteiger partial charge < -0.3 is 10.4 Å². The molecule has 0 aliphatic heterocycles. The Hall–Kier alpha value is -1.70. The second-order valence-electron chi connectivity index (χ2n) is 5.27. The summed E-state index contributed by atoms with van der Waals surface area (Å²) in [6.45, 7) is 3.03. The summed E-state index contributed by atoms with van der Waals surface area (Å²) in [5.74, 6) is -12.4. The normalized spacial score (nSPS) is 11.6. The first-order valence-corrected chi connectivity index (χ1v) is 6.03. The van der Waals surface area contributed by atoms with Crippen molar-refractivity contribution in [2.75, 3.05) is 13.2 Å². The van der Waals surface area contributed by atoms with Crippen molar-refractivity contribution in [3.63, 3.8) is 0 Å². The molecule has 0 bridgehead atoms. The number of benzene rings is 1. The van der Waals surface area contributed by atoms with Gasteiger partial charge in [0.2, 0.25) is 5.82 Å². The van der Waals surface area contributed by atoms with Crippen LogP contribution in [-0.2, 0) is 0 Å². The molecule has 0 spiro atoms. The molecular formula is C13H14F5NO2. The molecule has 0 fully saturated rings. The van der Waals surface area contributed by atoms with Gasteiger partial charge in [-0.1, -0.05) is 13.8 Å². The minimum absolute atomic E-state index is 0.105. The highest BCUT2D eigenvalue weighted by Gasteiger charge is 2.30. The van der Waals surface area contributed by atoms with Crippen molar-refractivity contribution in [1.29, 1.82) is 0 Å². The molecule has 0 aliphatic rings. The standard InChI is InChI=1S/C13H14F5NO2/c1-13(2,3-4-20)5-19-12(21)6-7(14)9(16)11(18)10(17)8(6)15/h20H,3-5H2,1-2H3,(H,19,21). The van der Waals surface area contributed by atoms with Gasteiger partial charge >= 0.3 is 0 Å². The Morgan fingerprint density at radius 3 is 1.86 bits per heavy atom. The van der Waals surface area contributed by atoms with E-state index in [2.05, 4.69) is 5.32 Å². The van der Waals surface area contributed by atoms with Crippen LogP contribution in [0, 0.1) is 34.5 Å². The maximum atomic E-state index is 13.4. The zero-order chi connectivity index (χ0) is 16.4. The van der Waals surface area contributed by atoms with E-state index in [-0.39, 0.29) is 19.6 Å². The van der Waals surface area contributed by atoms with Crippen LogP contribution in [0.3, 0.4) is 0 Å². The quantitative estimate of drug-likeness (QED) is 0.499. The van der Waals surface area contributed by atoms with Gasteiger partial charge in [-0.05, 0) is 11.8 Å². The summed E-state index contributed by atoms with van der Waals surface area (Å²) < 4.78 is 65.6. The molecule has 0 atom stereocenters. The van der Waals surface area contributed by atoms with Crippen LogP contribution >= 0.6 is 0 Å². The zero-order valence-corrected chi connectivity index (χ0v) is 11.4. The van der Waals surface area contributed by atoms with E-state index in [9.17, 15) is 26.7 Å². The highest BCUT2D eigenvalue weighted by Crippen LogP contribution is 2.23. The van der Waals surface area contributed by atoms with E-state index in [1.807, 2.05) is 0 Å². The summed E-state index contributed by atoms with van der Waals surface area (Å²) in [6.07, 6.45) is 0.282. The van der Waals surface area contributed by atoms with E-state index in [1.165, 1.54) is 0 Å². The van der Waals surface area contributed by atoms with E-state index >= 15 is 0 Å². The van der Waals surface area contributed by atoms with Crippen LogP contribution in [0.25, 0.3) is 0 Å². The Kier molecular flexibility index (Phi) is 5.27. The van der Waals surface area contributed by atoms with Crippen molar-refractivity contribution < 1.29 is 31.9 Å². The van der Waals surface area contributed by atoms with Gasteiger partial charge in [0.15, 0.2) is 23.3 Å². The molecular weight excluding hydrogens is 297 g/mol. The third-order valence-corrected chi connectivity index (χ3v) is 2.95. The molecule has 8 heteroatoms. The molecule has 0 radical (unpaired) electrons. The second kappa shape index (κ2) is 6.38. The van der Waals surface area contributed by atoms with E-state index in [0.29, 0.717) is 0 Å². The van der Waals surface area contributed by atoms with Crippen molar-refractivity contribution >= 4 is 5.91 Å². The molecule has 0 saturated heterocycles. The molecule has 0 aromatic heterocycles. The van der Waals surface area contributed by atoms with Gasteiger partial charge in [-0.2, -0.15) is 0 Å². The van der Waals surface area contributed by atoms with Crippen LogP contribution in [0.15, 0.2) is 0 Å². The first kappa shape index (κ1) is 17.4. The maximum Gasteiger partial charge on any atom is 0.257 e. The molecule has 0 saturated carbocycles. The van der Waals surface area contributed by atoms with Crippen molar-refractivity contribution in [1.82, 2.24) is 5.32 Å². The first-order valence-electron chi connectivity index (χ1n) is 6.03. The molecule has 2 N–H and O–H groups in total. The molecule has 3 nitrogen and oxygen atoms in total. The van der Waals surface area contributed by atoms with E-state index in [1.54, 1.807) is 13.8 Å². The van der Waals surface area contributed by atoms with Crippen LogP contribution in [0.2, 0.25) is 0 Å². The van der Waals surface area contributed by atoms with Gasteiger partial charge in [-0.3, -0.25) is 4.79 Å². The molecule has 118 valence electrons. The SMILES string of the molecule is CC(C)(CCO)CNC(=O)c1c(F)c(F)c(F)c(F)c1F. The zero-order valence-electron chi connectivity index (χ0n) is 11.4. The summed E-state index contributed by atoms with van der Waals surface area (Å²) in [7, 11) is 0. The van der Waals surface area contributed by atoms with Crippen molar-refractivity contribution in [3.05, 3.63) is 34.6 Å². The number of hydrogen-bond acceptors (Lipinski definition) is 2. The largest absolute Gasteiger partial charge is 0.396 e. The number of carbonyl (C=O) groups excluding carboxylic acids is 1. The number of amides is 1. The smallest absolute Gasteiger partial charge is 0.257 e. The summed E-state index contributed by atoms with van der Waals surface area (Å²) in [5, 5.41) is 10.9. The van der Waals surface area contributed by atoms with Crippen LogP contribution in [0.4, 0.5) is 22.0 Å². The van der Waals surface area contributed by atoms with Crippen LogP contribution in [0.5, 0.6) is 0 Å². The molecule has 1 aromatic carbocycles. The number of hydrogen-bond donors (Lipinski definition) is 2. The summed E-state index contributed by atoms with van der Waals surface area (Å²) in [5.41, 5.74) is -2.12. The average molecular weight is 311 g/mol. The minimum atomic E-state index is -2.32. The van der Waals surface area contributed by atoms with E-state index in [0.717, 1.165) is 0 Å². The molecule has 1 rings (SSSR count). The number of nitrogens with one attached hydrogen (secondary N) is 1. The highest BCUT2D eigenvalue weighted by atomic mass is 19.2. The lowest BCUT2D eigenvalue weighted by molar-refractivity contribution is 0.0916. The lowest BCUT2D eigenvalue weighted by Gasteiger charge is -2.24. The predicted octanol–water partition coefficient (Wildman–Crippen LogP) is 2.52. The Balaban J connectivity index is 3.04. The van der Waals surface area contributed by atoms with Crippen molar-refractivity contribution in [2.45, 2.75) is 20.3 Å². The van der Waals surface area contributed by atoms with Crippen LogP contribution < -0.4 is 5.32 Å². The van der Waals surface area contributed by atoms with Gasteiger partial charge in [-0.25, -0.2) is 22.0 Å². The predicted molar refractivity (Wildman–Crippen MR) is 64.0 cm³/mol. The van der Waals surface area contributed by atoms with Gasteiger partial charge in [0.25, 0.3) is 5.91 Å². The number of carbonyl (C=O) groups is 1. The molecule has 0 unspecified atom stereocenters. The fourth-order valence-corrected chi connectivity index (χ4v) is 1.60. The van der Waals surface area contributed by atoms with Crippen LogP contribution in [-0.4, -0.2) is 24.2 Å². The Bertz CT molecular complexity index is 531. The summed E-state index contributed by atoms with van der Waals surface area (Å²) in [4.78, 5) is 11.6. The number of halogens is 5. The number of rotatable bonds is 5. The van der Waals surface area contributed by atoms with Gasteiger partial charge in [-0.15, -0.1) is 0 Å². The first-order chi connectivity index (χ1) is 9.62. The van der Waals surface area contributed by atoms with Gasteiger partial charge in [0, 0.05) is 13.2 Å². The van der Waals surface area contributed by atoms with Crippen molar-refractivity contribution in [3.8, 4) is 0 Å². The molecule has 21 heavy (non-hydrogen) atoms. The summed E-state index contributed by atoms with van der Waals surface area (Å²) >= 11 is 0. The number of aliphatic hydroxyl groups is 1. The highest BCUT2D eigenvalue weighted by molar-refractivity contribution is 5.94. The van der Waals surface area contributed by atoms with Gasteiger partial charge in [0.05, 0.1) is 0 Å². The van der Waals surface area contributed by atoms with Crippen LogP contribution in [0.1, 0.15) is 30.6 Å². The maximum absolute atomic E-state index is 13.4.